The number of halogens is 1. The Morgan fingerprint density at radius 2 is 2.21 bits per heavy atom. The van der Waals surface area contributed by atoms with E-state index >= 15 is 0 Å². The van der Waals surface area contributed by atoms with Gasteiger partial charge in [0.15, 0.2) is 0 Å². The first kappa shape index (κ1) is 14.6. The Morgan fingerprint density at radius 1 is 1.47 bits per heavy atom. The molecule has 2 rings (SSSR count). The van der Waals surface area contributed by atoms with Gasteiger partial charge in [0, 0.05) is 12.6 Å². The summed E-state index contributed by atoms with van der Waals surface area (Å²) in [4.78, 5) is 0.130. The van der Waals surface area contributed by atoms with E-state index in [4.69, 9.17) is 22.1 Å². The van der Waals surface area contributed by atoms with E-state index in [-0.39, 0.29) is 22.1 Å². The van der Waals surface area contributed by atoms with E-state index < -0.39 is 10.0 Å². The number of nitrogens with two attached hydrogens (primary N) is 1. The van der Waals surface area contributed by atoms with Crippen molar-refractivity contribution in [3.05, 3.63) is 23.2 Å². The van der Waals surface area contributed by atoms with Gasteiger partial charge in [-0.2, -0.15) is 0 Å². The van der Waals surface area contributed by atoms with Gasteiger partial charge in [0.1, 0.15) is 0 Å². The topological polar surface area (TPSA) is 81.4 Å². The maximum atomic E-state index is 12.2. The molecule has 106 valence electrons. The lowest BCUT2D eigenvalue weighted by molar-refractivity contribution is 0.0173. The molecule has 1 saturated heterocycles. The van der Waals surface area contributed by atoms with Crippen LogP contribution in [0.5, 0.6) is 0 Å². The van der Waals surface area contributed by atoms with Gasteiger partial charge in [-0.1, -0.05) is 11.6 Å². The highest BCUT2D eigenvalue weighted by Crippen LogP contribution is 2.23. The van der Waals surface area contributed by atoms with Gasteiger partial charge in [0.25, 0.3) is 0 Å². The number of anilines is 1. The second-order valence-corrected chi connectivity index (χ2v) is 6.83. The van der Waals surface area contributed by atoms with Crippen LogP contribution in [0.1, 0.15) is 19.8 Å². The smallest absolute Gasteiger partial charge is 0.240 e. The van der Waals surface area contributed by atoms with Gasteiger partial charge in [-0.3, -0.25) is 0 Å². The highest BCUT2D eigenvalue weighted by atomic mass is 35.5. The van der Waals surface area contributed by atoms with E-state index in [9.17, 15) is 8.42 Å². The third kappa shape index (κ3) is 3.60. The van der Waals surface area contributed by atoms with Crippen molar-refractivity contribution < 1.29 is 13.2 Å². The van der Waals surface area contributed by atoms with Crippen molar-refractivity contribution in [3.8, 4) is 0 Å². The maximum Gasteiger partial charge on any atom is 0.240 e. The molecule has 19 heavy (non-hydrogen) atoms. The lowest BCUT2D eigenvalue weighted by Gasteiger charge is -2.27. The van der Waals surface area contributed by atoms with Crippen LogP contribution in [0.25, 0.3) is 0 Å². The van der Waals surface area contributed by atoms with Crippen LogP contribution in [0.4, 0.5) is 5.69 Å². The van der Waals surface area contributed by atoms with Gasteiger partial charge >= 0.3 is 0 Å². The molecule has 0 aliphatic carbocycles. The lowest BCUT2D eigenvalue weighted by atomic mass is 10.1. The van der Waals surface area contributed by atoms with Gasteiger partial charge < -0.3 is 10.5 Å². The molecular formula is C12H17ClN2O3S. The summed E-state index contributed by atoms with van der Waals surface area (Å²) in [6, 6.07) is 4.20. The summed E-state index contributed by atoms with van der Waals surface area (Å²) in [6.07, 6.45) is 1.41. The molecule has 1 aliphatic heterocycles. The number of ether oxygens (including phenoxy) is 1. The molecule has 2 atom stereocenters. The second kappa shape index (κ2) is 5.66. The van der Waals surface area contributed by atoms with E-state index in [0.717, 1.165) is 0 Å². The minimum Gasteiger partial charge on any atom is -0.398 e. The highest BCUT2D eigenvalue weighted by Gasteiger charge is 2.25. The van der Waals surface area contributed by atoms with Gasteiger partial charge in [-0.25, -0.2) is 13.1 Å². The van der Waals surface area contributed by atoms with Crippen LogP contribution in [0, 0.1) is 0 Å². The summed E-state index contributed by atoms with van der Waals surface area (Å²) in [5.41, 5.74) is 5.93. The fourth-order valence-corrected chi connectivity index (χ4v) is 3.62. The average Bonchev–Trinajstić information content (AvgIpc) is 2.32. The first-order chi connectivity index (χ1) is 8.88. The highest BCUT2D eigenvalue weighted by molar-refractivity contribution is 7.89. The maximum absolute atomic E-state index is 12.2. The molecule has 2 unspecified atom stereocenters. The third-order valence-corrected chi connectivity index (χ3v) is 4.93. The Kier molecular flexibility index (Phi) is 4.35. The summed E-state index contributed by atoms with van der Waals surface area (Å²) in [7, 11) is -3.57. The van der Waals surface area contributed by atoms with Crippen LogP contribution in [0.2, 0.25) is 5.02 Å². The number of benzene rings is 1. The molecular weight excluding hydrogens is 288 g/mol. The van der Waals surface area contributed by atoms with E-state index in [1.54, 1.807) is 0 Å². The van der Waals surface area contributed by atoms with E-state index in [2.05, 4.69) is 4.72 Å². The Labute approximate surface area is 118 Å². The van der Waals surface area contributed by atoms with Gasteiger partial charge in [0.05, 0.1) is 21.7 Å². The molecule has 1 aromatic rings. The van der Waals surface area contributed by atoms with Crippen molar-refractivity contribution in [1.82, 2.24) is 4.72 Å². The molecule has 1 aromatic carbocycles. The number of sulfonamides is 1. The normalized spacial score (nSPS) is 24.3. The number of hydrogen-bond acceptors (Lipinski definition) is 4. The fourth-order valence-electron chi connectivity index (χ4n) is 2.07. The molecule has 0 saturated carbocycles. The monoisotopic (exact) mass is 304 g/mol. The van der Waals surface area contributed by atoms with Crippen molar-refractivity contribution >= 4 is 27.3 Å². The first-order valence-corrected chi connectivity index (χ1v) is 7.93. The fraction of sp³-hybridized carbons (Fsp3) is 0.500. The van der Waals surface area contributed by atoms with Gasteiger partial charge in [-0.15, -0.1) is 0 Å². The molecule has 5 nitrogen and oxygen atoms in total. The van der Waals surface area contributed by atoms with Gasteiger partial charge in [0.2, 0.25) is 10.0 Å². The zero-order chi connectivity index (χ0) is 14.0. The summed E-state index contributed by atoms with van der Waals surface area (Å²) in [5.74, 6) is 0. The minimum atomic E-state index is -3.57. The Morgan fingerprint density at radius 3 is 2.84 bits per heavy atom. The van der Waals surface area contributed by atoms with Crippen molar-refractivity contribution in [2.45, 2.75) is 36.8 Å². The van der Waals surface area contributed by atoms with Crippen LogP contribution in [0.3, 0.4) is 0 Å². The van der Waals surface area contributed by atoms with E-state index in [1.807, 2.05) is 6.92 Å². The molecule has 0 spiro atoms. The first-order valence-electron chi connectivity index (χ1n) is 6.07. The number of hydrogen-bond donors (Lipinski definition) is 2. The third-order valence-electron chi connectivity index (χ3n) is 3.09. The summed E-state index contributed by atoms with van der Waals surface area (Å²) in [5, 5.41) is 0.239. The SMILES string of the molecule is CC1CC(NS(=O)(=O)c2ccc(N)c(Cl)c2)CCO1. The zero-order valence-electron chi connectivity index (χ0n) is 10.6. The minimum absolute atomic E-state index is 0.0662. The van der Waals surface area contributed by atoms with Crippen LogP contribution in [-0.2, 0) is 14.8 Å². The Balaban J connectivity index is 2.15. The second-order valence-electron chi connectivity index (χ2n) is 4.71. The van der Waals surface area contributed by atoms with Crippen molar-refractivity contribution in [2.75, 3.05) is 12.3 Å². The molecule has 1 aliphatic rings. The molecule has 1 fully saturated rings. The molecule has 0 radical (unpaired) electrons. The van der Waals surface area contributed by atoms with Crippen LogP contribution in [-0.4, -0.2) is 27.2 Å². The zero-order valence-corrected chi connectivity index (χ0v) is 12.2. The quantitative estimate of drug-likeness (QED) is 0.834. The van der Waals surface area contributed by atoms with E-state index in [0.29, 0.717) is 25.1 Å². The van der Waals surface area contributed by atoms with Crippen molar-refractivity contribution in [3.63, 3.8) is 0 Å². The predicted octanol–water partition coefficient (Wildman–Crippen LogP) is 1.77. The van der Waals surface area contributed by atoms with Crippen molar-refractivity contribution in [2.24, 2.45) is 0 Å². The summed E-state index contributed by atoms with van der Waals surface area (Å²) >= 11 is 5.85. The van der Waals surface area contributed by atoms with Crippen molar-refractivity contribution in [1.29, 1.82) is 0 Å². The van der Waals surface area contributed by atoms with E-state index in [1.165, 1.54) is 18.2 Å². The lowest BCUT2D eigenvalue weighted by Crippen LogP contribution is -2.41. The largest absolute Gasteiger partial charge is 0.398 e. The average molecular weight is 305 g/mol. The molecule has 0 amide bonds. The molecule has 7 heteroatoms. The molecule has 3 N–H and O–H groups in total. The van der Waals surface area contributed by atoms with Crippen LogP contribution >= 0.6 is 11.6 Å². The number of nitrogens with one attached hydrogen (secondary N) is 1. The molecule has 1 heterocycles. The van der Waals surface area contributed by atoms with Crippen LogP contribution < -0.4 is 10.5 Å². The Hall–Kier alpha value is -0.820. The summed E-state index contributed by atoms with van der Waals surface area (Å²) < 4.78 is 32.5. The number of rotatable bonds is 3. The van der Waals surface area contributed by atoms with Gasteiger partial charge in [-0.05, 0) is 38.0 Å². The number of nitrogen functional groups attached to an aromatic ring is 1. The Bertz CT molecular complexity index is 562. The predicted molar refractivity (Wildman–Crippen MR) is 74.6 cm³/mol. The molecule has 0 bridgehead atoms. The molecule has 0 aromatic heterocycles. The van der Waals surface area contributed by atoms with Crippen LogP contribution in [0.15, 0.2) is 23.1 Å². The summed E-state index contributed by atoms with van der Waals surface area (Å²) in [6.45, 7) is 2.50. The standard InChI is InChI=1S/C12H17ClN2O3S/c1-8-6-9(4-5-18-8)15-19(16,17)10-2-3-12(14)11(13)7-10/h2-3,7-9,15H,4-6,14H2,1H3.